The maximum absolute atomic E-state index is 13.1. The highest BCUT2D eigenvalue weighted by molar-refractivity contribution is 7.14. The van der Waals surface area contributed by atoms with Gasteiger partial charge < -0.3 is 19.1 Å². The summed E-state index contributed by atoms with van der Waals surface area (Å²) in [5.74, 6) is 0.787. The molecule has 0 saturated carbocycles. The molecule has 0 radical (unpaired) electrons. The van der Waals surface area contributed by atoms with E-state index in [2.05, 4.69) is 56.8 Å². The Morgan fingerprint density at radius 1 is 1.05 bits per heavy atom. The maximum Gasteiger partial charge on any atom is 0.274 e. The van der Waals surface area contributed by atoms with Gasteiger partial charge in [-0.1, -0.05) is 0 Å². The fourth-order valence-electron chi connectivity index (χ4n) is 5.50. The van der Waals surface area contributed by atoms with Crippen molar-refractivity contribution in [3.63, 3.8) is 0 Å². The summed E-state index contributed by atoms with van der Waals surface area (Å²) in [7, 11) is 2.17. The van der Waals surface area contributed by atoms with Crippen LogP contribution >= 0.6 is 11.3 Å². The minimum Gasteiger partial charge on any atom is -0.490 e. The number of carbonyl (C=O) groups is 1. The summed E-state index contributed by atoms with van der Waals surface area (Å²) in [6.07, 6.45) is 10.1. The number of benzene rings is 1. The van der Waals surface area contributed by atoms with E-state index in [4.69, 9.17) is 9.72 Å². The molecule has 5 heterocycles. The van der Waals surface area contributed by atoms with Crippen molar-refractivity contribution in [3.05, 3.63) is 89.5 Å². The first kappa shape index (κ1) is 25.6. The molecule has 2 aliphatic heterocycles. The van der Waals surface area contributed by atoms with Crippen LogP contribution in [0.25, 0.3) is 0 Å². The van der Waals surface area contributed by atoms with Crippen LogP contribution < -0.4 is 15.0 Å². The number of hydrogen-bond acceptors (Lipinski definition) is 7. The Hall–Kier alpha value is -3.69. The Morgan fingerprint density at radius 2 is 1.85 bits per heavy atom. The second kappa shape index (κ2) is 11.6. The zero-order valence-electron chi connectivity index (χ0n) is 22.2. The van der Waals surface area contributed by atoms with Gasteiger partial charge in [0.1, 0.15) is 17.5 Å². The molecule has 39 heavy (non-hydrogen) atoms. The number of carbonyl (C=O) groups excluding carboxylic acids is 1. The van der Waals surface area contributed by atoms with E-state index >= 15 is 0 Å². The highest BCUT2D eigenvalue weighted by atomic mass is 32.1. The first-order valence-electron chi connectivity index (χ1n) is 13.6. The fraction of sp³-hybridized carbons (Fsp3) is 0.367. The van der Waals surface area contributed by atoms with Gasteiger partial charge in [0.2, 0.25) is 0 Å². The zero-order valence-corrected chi connectivity index (χ0v) is 23.0. The lowest BCUT2D eigenvalue weighted by Gasteiger charge is -2.29. The number of aromatic nitrogens is 3. The van der Waals surface area contributed by atoms with Crippen molar-refractivity contribution in [2.75, 3.05) is 36.9 Å². The van der Waals surface area contributed by atoms with Crippen LogP contribution in [0.15, 0.2) is 72.5 Å². The summed E-state index contributed by atoms with van der Waals surface area (Å²) in [6, 6.07) is 16.4. The van der Waals surface area contributed by atoms with Crippen molar-refractivity contribution in [1.29, 1.82) is 0 Å². The molecule has 0 bridgehead atoms. The SMILES string of the molecule is CN1CCC(Oc2ccc(N3CCCC3c3csc(NC(=O)c4cccn4Cc4ccncc4)n3)cc2)CC1. The van der Waals surface area contributed by atoms with Gasteiger partial charge in [-0.05, 0) is 86.8 Å². The van der Waals surface area contributed by atoms with E-state index in [1.54, 1.807) is 12.4 Å². The summed E-state index contributed by atoms with van der Waals surface area (Å²) in [5, 5.41) is 5.72. The number of piperidine rings is 1. The van der Waals surface area contributed by atoms with Crippen molar-refractivity contribution in [2.24, 2.45) is 0 Å². The van der Waals surface area contributed by atoms with Crippen LogP contribution in [-0.4, -0.2) is 58.1 Å². The molecule has 2 fully saturated rings. The number of rotatable bonds is 8. The predicted octanol–water partition coefficient (Wildman–Crippen LogP) is 5.45. The summed E-state index contributed by atoms with van der Waals surface area (Å²) in [6.45, 7) is 3.78. The molecular weight excluding hydrogens is 508 g/mol. The lowest BCUT2D eigenvalue weighted by molar-refractivity contribution is 0.101. The van der Waals surface area contributed by atoms with Crippen LogP contribution in [0.2, 0.25) is 0 Å². The molecule has 2 aliphatic rings. The van der Waals surface area contributed by atoms with Gasteiger partial charge in [-0.15, -0.1) is 11.3 Å². The number of nitrogens with zero attached hydrogens (tertiary/aromatic N) is 5. The molecule has 202 valence electrons. The molecule has 1 amide bonds. The van der Waals surface area contributed by atoms with E-state index < -0.39 is 0 Å². The van der Waals surface area contributed by atoms with Crippen molar-refractivity contribution in [1.82, 2.24) is 19.4 Å². The molecule has 2 saturated heterocycles. The van der Waals surface area contributed by atoms with E-state index in [0.717, 1.165) is 62.3 Å². The first-order chi connectivity index (χ1) is 19.1. The third-order valence-electron chi connectivity index (χ3n) is 7.64. The van der Waals surface area contributed by atoms with Gasteiger partial charge >= 0.3 is 0 Å². The minimum atomic E-state index is -0.154. The van der Waals surface area contributed by atoms with Crippen LogP contribution in [0.5, 0.6) is 5.75 Å². The second-order valence-corrected chi connectivity index (χ2v) is 11.2. The normalized spacial score (nSPS) is 18.4. The van der Waals surface area contributed by atoms with Crippen LogP contribution in [0, 0.1) is 0 Å². The number of hydrogen-bond donors (Lipinski definition) is 1. The third kappa shape index (κ3) is 5.99. The third-order valence-corrected chi connectivity index (χ3v) is 8.41. The summed E-state index contributed by atoms with van der Waals surface area (Å²) < 4.78 is 8.19. The van der Waals surface area contributed by atoms with Crippen molar-refractivity contribution in [3.8, 4) is 5.75 Å². The zero-order chi connectivity index (χ0) is 26.6. The van der Waals surface area contributed by atoms with E-state index in [9.17, 15) is 4.79 Å². The predicted molar refractivity (Wildman–Crippen MR) is 155 cm³/mol. The van der Waals surface area contributed by atoms with E-state index in [1.165, 1.54) is 17.0 Å². The van der Waals surface area contributed by atoms with Crippen molar-refractivity contribution < 1.29 is 9.53 Å². The highest BCUT2D eigenvalue weighted by Crippen LogP contribution is 2.38. The van der Waals surface area contributed by atoms with Crippen LogP contribution in [-0.2, 0) is 6.54 Å². The Labute approximate surface area is 233 Å². The second-order valence-electron chi connectivity index (χ2n) is 10.4. The molecular formula is C30H34N6O2S. The molecule has 9 heteroatoms. The number of nitrogens with one attached hydrogen (secondary N) is 1. The molecule has 6 rings (SSSR count). The van der Waals surface area contributed by atoms with Gasteiger partial charge in [-0.2, -0.15) is 0 Å². The van der Waals surface area contributed by atoms with Crippen molar-refractivity contribution >= 4 is 28.1 Å². The molecule has 8 nitrogen and oxygen atoms in total. The van der Waals surface area contributed by atoms with Gasteiger partial charge in [0.15, 0.2) is 5.13 Å². The summed E-state index contributed by atoms with van der Waals surface area (Å²) >= 11 is 1.48. The Balaban J connectivity index is 1.09. The average Bonchev–Trinajstić information content (AvgIpc) is 3.72. The van der Waals surface area contributed by atoms with Crippen molar-refractivity contribution in [2.45, 2.75) is 44.4 Å². The Bertz CT molecular complexity index is 1380. The summed E-state index contributed by atoms with van der Waals surface area (Å²) in [4.78, 5) is 26.8. The standard InChI is InChI=1S/C30H34N6O2S/c1-34-18-12-25(13-19-34)38-24-8-6-23(7-9-24)36-17-3-4-27(36)26-21-39-30(32-26)33-29(37)28-5-2-16-35(28)20-22-10-14-31-15-11-22/h2,5-11,14-16,21,25,27H,3-4,12-13,17-20H2,1H3,(H,32,33,37). The Kier molecular flexibility index (Phi) is 7.60. The number of likely N-dealkylation sites (tertiary alicyclic amines) is 1. The number of amides is 1. The number of anilines is 2. The average molecular weight is 543 g/mol. The highest BCUT2D eigenvalue weighted by Gasteiger charge is 2.29. The summed E-state index contributed by atoms with van der Waals surface area (Å²) in [5.41, 5.74) is 3.88. The monoisotopic (exact) mass is 542 g/mol. The fourth-order valence-corrected chi connectivity index (χ4v) is 6.25. The van der Waals surface area contributed by atoms with Crippen LogP contribution in [0.3, 0.4) is 0 Å². The van der Waals surface area contributed by atoms with Gasteiger partial charge in [-0.3, -0.25) is 15.1 Å². The van der Waals surface area contributed by atoms with E-state index in [1.807, 2.05) is 35.0 Å². The molecule has 3 aromatic heterocycles. The van der Waals surface area contributed by atoms with E-state index in [-0.39, 0.29) is 11.9 Å². The van der Waals surface area contributed by atoms with Crippen LogP contribution in [0.4, 0.5) is 10.8 Å². The minimum absolute atomic E-state index is 0.154. The number of ether oxygens (including phenoxy) is 1. The lowest BCUT2D eigenvalue weighted by atomic mass is 10.1. The van der Waals surface area contributed by atoms with Crippen LogP contribution in [0.1, 0.15) is 53.5 Å². The van der Waals surface area contributed by atoms with E-state index in [0.29, 0.717) is 23.5 Å². The number of pyridine rings is 1. The lowest BCUT2D eigenvalue weighted by Crippen LogP contribution is -2.35. The number of thiazole rings is 1. The first-order valence-corrected chi connectivity index (χ1v) is 14.5. The molecule has 1 N–H and O–H groups in total. The topological polar surface area (TPSA) is 75.5 Å². The largest absolute Gasteiger partial charge is 0.490 e. The van der Waals surface area contributed by atoms with Gasteiger partial charge in [0.25, 0.3) is 5.91 Å². The smallest absolute Gasteiger partial charge is 0.274 e. The molecule has 4 aromatic rings. The molecule has 1 atom stereocenters. The van der Waals surface area contributed by atoms with Gasteiger partial charge in [-0.25, -0.2) is 4.98 Å². The molecule has 0 aliphatic carbocycles. The maximum atomic E-state index is 13.1. The van der Waals surface area contributed by atoms with Gasteiger partial charge in [0.05, 0.1) is 11.7 Å². The molecule has 0 spiro atoms. The Morgan fingerprint density at radius 3 is 2.64 bits per heavy atom. The van der Waals surface area contributed by atoms with Gasteiger partial charge in [0, 0.05) is 55.8 Å². The molecule has 1 aromatic carbocycles. The molecule has 1 unspecified atom stereocenters. The quantitative estimate of drug-likeness (QED) is 0.319.